The Morgan fingerprint density at radius 3 is 2.50 bits per heavy atom. The van der Waals surface area contributed by atoms with Gasteiger partial charge in [-0.25, -0.2) is 0 Å². The van der Waals surface area contributed by atoms with Gasteiger partial charge in [0.15, 0.2) is 0 Å². The molecule has 0 saturated heterocycles. The van der Waals surface area contributed by atoms with Gasteiger partial charge in [0.25, 0.3) is 0 Å². The third kappa shape index (κ3) is 1.83. The standard InChI is InChI=1S/C20H20/c1-14-19-9-5-4-8-17(19)13-20(14)18-11-10-15-6-2-3-7-16(15)12-18/h4-5,8-12,20H,1-3,6-7,13H2. The van der Waals surface area contributed by atoms with E-state index in [1.54, 1.807) is 11.1 Å². The molecule has 20 heavy (non-hydrogen) atoms. The second-order valence-electron chi connectivity index (χ2n) is 6.17. The van der Waals surface area contributed by atoms with Crippen molar-refractivity contribution in [2.75, 3.05) is 0 Å². The first-order chi connectivity index (χ1) is 9.83. The van der Waals surface area contributed by atoms with Gasteiger partial charge in [-0.3, -0.25) is 0 Å². The lowest BCUT2D eigenvalue weighted by atomic mass is 9.85. The molecule has 0 saturated carbocycles. The molecular weight excluding hydrogens is 240 g/mol. The van der Waals surface area contributed by atoms with Gasteiger partial charge in [0.1, 0.15) is 0 Å². The molecule has 0 radical (unpaired) electrons. The van der Waals surface area contributed by atoms with Crippen molar-refractivity contribution in [3.05, 3.63) is 76.9 Å². The van der Waals surface area contributed by atoms with Gasteiger partial charge in [0, 0.05) is 5.92 Å². The van der Waals surface area contributed by atoms with E-state index in [1.165, 1.54) is 47.9 Å². The molecule has 0 spiro atoms. The van der Waals surface area contributed by atoms with Crippen LogP contribution in [0.4, 0.5) is 0 Å². The second-order valence-corrected chi connectivity index (χ2v) is 6.17. The smallest absolute Gasteiger partial charge is 0.0130 e. The van der Waals surface area contributed by atoms with Crippen LogP contribution in [0.2, 0.25) is 0 Å². The van der Waals surface area contributed by atoms with E-state index in [-0.39, 0.29) is 0 Å². The molecule has 0 heterocycles. The lowest BCUT2D eigenvalue weighted by Gasteiger charge is -2.19. The fourth-order valence-electron chi connectivity index (χ4n) is 3.83. The van der Waals surface area contributed by atoms with Crippen molar-refractivity contribution in [2.45, 2.75) is 38.0 Å². The zero-order valence-electron chi connectivity index (χ0n) is 11.9. The predicted molar refractivity (Wildman–Crippen MR) is 85.0 cm³/mol. The summed E-state index contributed by atoms with van der Waals surface area (Å²) in [5.74, 6) is 0.486. The average Bonchev–Trinajstić information content (AvgIpc) is 2.84. The molecule has 2 aliphatic rings. The van der Waals surface area contributed by atoms with E-state index in [9.17, 15) is 0 Å². The van der Waals surface area contributed by atoms with E-state index in [0.29, 0.717) is 5.92 Å². The Morgan fingerprint density at radius 2 is 1.65 bits per heavy atom. The van der Waals surface area contributed by atoms with Gasteiger partial charge in [-0.2, -0.15) is 0 Å². The highest BCUT2D eigenvalue weighted by molar-refractivity contribution is 5.77. The quantitative estimate of drug-likeness (QED) is 0.683. The summed E-state index contributed by atoms with van der Waals surface area (Å²) < 4.78 is 0. The lowest BCUT2D eigenvalue weighted by molar-refractivity contribution is 0.683. The minimum absolute atomic E-state index is 0.486. The molecule has 2 aromatic rings. The van der Waals surface area contributed by atoms with Gasteiger partial charge in [-0.15, -0.1) is 0 Å². The van der Waals surface area contributed by atoms with Crippen LogP contribution in [0.3, 0.4) is 0 Å². The van der Waals surface area contributed by atoms with Crippen molar-refractivity contribution in [3.8, 4) is 0 Å². The van der Waals surface area contributed by atoms with Crippen molar-refractivity contribution >= 4 is 5.57 Å². The van der Waals surface area contributed by atoms with Gasteiger partial charge in [0.2, 0.25) is 0 Å². The Hall–Kier alpha value is -1.82. The number of benzene rings is 2. The first kappa shape index (κ1) is 12.0. The number of hydrogen-bond donors (Lipinski definition) is 0. The summed E-state index contributed by atoms with van der Waals surface area (Å²) >= 11 is 0. The summed E-state index contributed by atoms with van der Waals surface area (Å²) in [4.78, 5) is 0. The van der Waals surface area contributed by atoms with Crippen LogP contribution in [0.5, 0.6) is 0 Å². The molecular formula is C20H20. The largest absolute Gasteiger partial charge is 0.0946 e. The molecule has 0 aromatic heterocycles. The Kier molecular flexibility index (Phi) is 2.77. The first-order valence-electron chi connectivity index (χ1n) is 7.72. The van der Waals surface area contributed by atoms with Crippen molar-refractivity contribution in [1.82, 2.24) is 0 Å². The monoisotopic (exact) mass is 260 g/mol. The molecule has 0 aliphatic heterocycles. The van der Waals surface area contributed by atoms with Crippen molar-refractivity contribution in [2.24, 2.45) is 0 Å². The lowest BCUT2D eigenvalue weighted by Crippen LogP contribution is -2.05. The SMILES string of the molecule is C=C1c2ccccc2CC1c1ccc2c(c1)CCCC2. The van der Waals surface area contributed by atoms with Crippen LogP contribution in [0.1, 0.15) is 46.6 Å². The molecule has 0 N–H and O–H groups in total. The van der Waals surface area contributed by atoms with Gasteiger partial charge >= 0.3 is 0 Å². The molecule has 100 valence electrons. The zero-order valence-corrected chi connectivity index (χ0v) is 11.9. The van der Waals surface area contributed by atoms with Gasteiger partial charge in [-0.05, 0) is 65.5 Å². The first-order valence-corrected chi connectivity index (χ1v) is 7.72. The van der Waals surface area contributed by atoms with Crippen LogP contribution in [0, 0.1) is 0 Å². The number of allylic oxidation sites excluding steroid dienone is 1. The third-order valence-corrected chi connectivity index (χ3v) is 4.98. The van der Waals surface area contributed by atoms with Gasteiger partial charge in [0.05, 0.1) is 0 Å². The zero-order chi connectivity index (χ0) is 13.5. The third-order valence-electron chi connectivity index (χ3n) is 4.98. The maximum atomic E-state index is 4.37. The summed E-state index contributed by atoms with van der Waals surface area (Å²) in [7, 11) is 0. The maximum Gasteiger partial charge on any atom is 0.0130 e. The van der Waals surface area contributed by atoms with Crippen LogP contribution >= 0.6 is 0 Å². The van der Waals surface area contributed by atoms with Crippen LogP contribution in [-0.4, -0.2) is 0 Å². The Morgan fingerprint density at radius 1 is 0.850 bits per heavy atom. The maximum absolute atomic E-state index is 4.37. The molecule has 0 nitrogen and oxygen atoms in total. The van der Waals surface area contributed by atoms with Crippen LogP contribution in [-0.2, 0) is 19.3 Å². The topological polar surface area (TPSA) is 0 Å². The summed E-state index contributed by atoms with van der Waals surface area (Å²) in [5, 5.41) is 0. The summed E-state index contributed by atoms with van der Waals surface area (Å²) in [5.41, 5.74) is 8.75. The van der Waals surface area contributed by atoms with Gasteiger partial charge in [-0.1, -0.05) is 49.0 Å². The number of aryl methyl sites for hydroxylation is 2. The van der Waals surface area contributed by atoms with Gasteiger partial charge < -0.3 is 0 Å². The van der Waals surface area contributed by atoms with E-state index in [4.69, 9.17) is 0 Å². The molecule has 2 aliphatic carbocycles. The molecule has 0 heteroatoms. The number of fused-ring (bicyclic) bond motifs is 2. The minimum Gasteiger partial charge on any atom is -0.0946 e. The molecule has 2 aromatic carbocycles. The number of rotatable bonds is 1. The van der Waals surface area contributed by atoms with E-state index in [0.717, 1.165) is 6.42 Å². The Labute approximate surface area is 121 Å². The fraction of sp³-hybridized carbons (Fsp3) is 0.300. The highest BCUT2D eigenvalue weighted by Crippen LogP contribution is 2.42. The van der Waals surface area contributed by atoms with Crippen LogP contribution in [0.25, 0.3) is 5.57 Å². The molecule has 1 unspecified atom stereocenters. The second kappa shape index (κ2) is 4.63. The summed E-state index contributed by atoms with van der Waals surface area (Å²) in [6, 6.07) is 15.9. The summed E-state index contributed by atoms with van der Waals surface area (Å²) in [6.07, 6.45) is 6.35. The van der Waals surface area contributed by atoms with Crippen molar-refractivity contribution in [3.63, 3.8) is 0 Å². The predicted octanol–water partition coefficient (Wildman–Crippen LogP) is 4.92. The average molecular weight is 260 g/mol. The Bertz CT molecular complexity index is 678. The van der Waals surface area contributed by atoms with E-state index < -0.39 is 0 Å². The fourth-order valence-corrected chi connectivity index (χ4v) is 3.83. The molecule has 0 fully saturated rings. The van der Waals surface area contributed by atoms with Crippen LogP contribution < -0.4 is 0 Å². The normalized spacial score (nSPS) is 20.6. The minimum atomic E-state index is 0.486. The molecule has 1 atom stereocenters. The van der Waals surface area contributed by atoms with E-state index >= 15 is 0 Å². The van der Waals surface area contributed by atoms with Crippen molar-refractivity contribution in [1.29, 1.82) is 0 Å². The van der Waals surface area contributed by atoms with Crippen molar-refractivity contribution < 1.29 is 0 Å². The number of hydrogen-bond acceptors (Lipinski definition) is 0. The van der Waals surface area contributed by atoms with Crippen LogP contribution in [0.15, 0.2) is 49.0 Å². The Balaban J connectivity index is 1.71. The molecule has 4 rings (SSSR count). The molecule has 0 bridgehead atoms. The summed E-state index contributed by atoms with van der Waals surface area (Å²) in [6.45, 7) is 4.37. The molecule has 0 amide bonds. The van der Waals surface area contributed by atoms with E-state index in [2.05, 4.69) is 49.0 Å². The highest BCUT2D eigenvalue weighted by Gasteiger charge is 2.26. The van der Waals surface area contributed by atoms with E-state index in [1.807, 2.05) is 0 Å². The highest BCUT2D eigenvalue weighted by atomic mass is 14.3.